The summed E-state index contributed by atoms with van der Waals surface area (Å²) in [5, 5.41) is 31.1. The zero-order valence-electron chi connectivity index (χ0n) is 19.0. The topological polar surface area (TPSA) is 117 Å². The number of carbonyl (C=O) groups is 2. The molecular weight excluding hydrogens is 450 g/mol. The fourth-order valence-electron chi connectivity index (χ4n) is 4.38. The number of aliphatic hydroxyl groups excluding tert-OH is 1. The van der Waals surface area contributed by atoms with Crippen LogP contribution in [0, 0.1) is 0 Å². The number of nitrogens with zero attached hydrogens (tertiary/aromatic N) is 1. The highest BCUT2D eigenvalue weighted by Crippen LogP contribution is 2.42. The average Bonchev–Trinajstić information content (AvgIpc) is 2.86. The van der Waals surface area contributed by atoms with Crippen molar-refractivity contribution in [3.63, 3.8) is 0 Å². The molecule has 1 aliphatic carbocycles. The summed E-state index contributed by atoms with van der Waals surface area (Å²) < 4.78 is 10.9. The SMILES string of the molecule is O=C(O)COc1cccc2c1CCC(O)C2(O)CCOC(=O)N(c1ccccc1)c1ccccc1. The molecule has 8 nitrogen and oxygen atoms in total. The van der Waals surface area contributed by atoms with E-state index in [1.807, 2.05) is 36.4 Å². The van der Waals surface area contributed by atoms with Crippen molar-refractivity contribution in [2.75, 3.05) is 18.1 Å². The van der Waals surface area contributed by atoms with Crippen LogP contribution in [0.2, 0.25) is 0 Å². The van der Waals surface area contributed by atoms with E-state index < -0.39 is 30.4 Å². The summed E-state index contributed by atoms with van der Waals surface area (Å²) in [4.78, 5) is 25.5. The lowest BCUT2D eigenvalue weighted by Crippen LogP contribution is -2.45. The molecule has 0 saturated heterocycles. The van der Waals surface area contributed by atoms with Gasteiger partial charge in [0.25, 0.3) is 0 Å². The number of amides is 1. The number of fused-ring (bicyclic) bond motifs is 1. The molecule has 182 valence electrons. The summed E-state index contributed by atoms with van der Waals surface area (Å²) in [6.45, 7) is -0.661. The number of hydrogen-bond donors (Lipinski definition) is 3. The van der Waals surface area contributed by atoms with Gasteiger partial charge >= 0.3 is 12.1 Å². The molecule has 0 fully saturated rings. The minimum absolute atomic E-state index is 0.0489. The number of rotatable bonds is 8. The largest absolute Gasteiger partial charge is 0.482 e. The lowest BCUT2D eigenvalue weighted by Gasteiger charge is -2.39. The van der Waals surface area contributed by atoms with Crippen LogP contribution in [-0.4, -0.2) is 46.7 Å². The van der Waals surface area contributed by atoms with E-state index in [-0.39, 0.29) is 19.4 Å². The van der Waals surface area contributed by atoms with Gasteiger partial charge in [-0.3, -0.25) is 0 Å². The Balaban J connectivity index is 1.52. The molecular formula is C27H27NO7. The van der Waals surface area contributed by atoms with Crippen molar-refractivity contribution in [2.45, 2.75) is 31.0 Å². The van der Waals surface area contributed by atoms with E-state index in [1.165, 1.54) is 4.90 Å². The second kappa shape index (κ2) is 10.6. The third-order valence-corrected chi connectivity index (χ3v) is 6.09. The van der Waals surface area contributed by atoms with Gasteiger partial charge in [-0.05, 0) is 48.7 Å². The van der Waals surface area contributed by atoms with E-state index in [1.54, 1.807) is 42.5 Å². The number of carboxylic acids is 1. The molecule has 0 bridgehead atoms. The second-order valence-corrected chi connectivity index (χ2v) is 8.31. The van der Waals surface area contributed by atoms with E-state index in [0.717, 1.165) is 0 Å². The normalized spacial score (nSPS) is 18.9. The maximum Gasteiger partial charge on any atom is 0.418 e. The fraction of sp³-hybridized carbons (Fsp3) is 0.259. The van der Waals surface area contributed by atoms with Gasteiger partial charge < -0.3 is 24.8 Å². The van der Waals surface area contributed by atoms with E-state index in [0.29, 0.717) is 34.7 Å². The van der Waals surface area contributed by atoms with Crippen LogP contribution < -0.4 is 9.64 Å². The number of benzene rings is 3. The van der Waals surface area contributed by atoms with Crippen LogP contribution >= 0.6 is 0 Å². The van der Waals surface area contributed by atoms with Crippen molar-refractivity contribution in [1.29, 1.82) is 0 Å². The summed E-state index contributed by atoms with van der Waals surface area (Å²) >= 11 is 0. The molecule has 4 rings (SSSR count). The summed E-state index contributed by atoms with van der Waals surface area (Å²) in [5.74, 6) is -0.756. The Kier molecular flexibility index (Phi) is 7.33. The Morgan fingerprint density at radius 1 is 0.943 bits per heavy atom. The first kappa shape index (κ1) is 24.3. The number of hydrogen-bond acceptors (Lipinski definition) is 6. The summed E-state index contributed by atoms with van der Waals surface area (Å²) in [5.41, 5.74) is 0.665. The molecule has 1 amide bonds. The van der Waals surface area contributed by atoms with Crippen LogP contribution in [0.15, 0.2) is 78.9 Å². The summed E-state index contributed by atoms with van der Waals surface area (Å²) in [7, 11) is 0. The molecule has 2 atom stereocenters. The van der Waals surface area contributed by atoms with Gasteiger partial charge in [-0.15, -0.1) is 0 Å². The van der Waals surface area contributed by atoms with E-state index in [2.05, 4.69) is 0 Å². The van der Waals surface area contributed by atoms with Crippen molar-refractivity contribution in [1.82, 2.24) is 0 Å². The molecule has 8 heteroatoms. The third-order valence-electron chi connectivity index (χ3n) is 6.09. The zero-order valence-corrected chi connectivity index (χ0v) is 19.0. The first-order valence-electron chi connectivity index (χ1n) is 11.3. The predicted octanol–water partition coefficient (Wildman–Crippen LogP) is 4.01. The Labute approximate surface area is 203 Å². The molecule has 3 aromatic rings. The standard InChI is InChI=1S/C27H27NO7/c29-24-15-14-21-22(12-7-13-23(21)35-18-25(30)31)27(24,33)16-17-34-26(32)28(19-8-3-1-4-9-19)20-10-5-2-6-11-20/h1-13,24,29,33H,14-18H2,(H,30,31). The molecule has 3 N–H and O–H groups in total. The molecule has 3 aromatic carbocycles. The molecule has 0 radical (unpaired) electrons. The predicted molar refractivity (Wildman–Crippen MR) is 129 cm³/mol. The van der Waals surface area contributed by atoms with E-state index in [4.69, 9.17) is 14.6 Å². The molecule has 0 saturated carbocycles. The van der Waals surface area contributed by atoms with Crippen molar-refractivity contribution >= 4 is 23.4 Å². The molecule has 0 aliphatic heterocycles. The smallest absolute Gasteiger partial charge is 0.418 e. The van der Waals surface area contributed by atoms with Gasteiger partial charge in [0.1, 0.15) is 11.4 Å². The Morgan fingerprint density at radius 2 is 1.57 bits per heavy atom. The number of carboxylic acid groups (broad SMARTS) is 1. The van der Waals surface area contributed by atoms with Crippen LogP contribution in [0.3, 0.4) is 0 Å². The monoisotopic (exact) mass is 477 g/mol. The van der Waals surface area contributed by atoms with Gasteiger partial charge in [-0.1, -0.05) is 48.5 Å². The molecule has 2 unspecified atom stereocenters. The highest BCUT2D eigenvalue weighted by molar-refractivity contribution is 5.95. The molecule has 1 aliphatic rings. The number of anilines is 2. The van der Waals surface area contributed by atoms with Crippen molar-refractivity contribution in [2.24, 2.45) is 0 Å². The van der Waals surface area contributed by atoms with Gasteiger partial charge in [0.05, 0.1) is 24.1 Å². The second-order valence-electron chi connectivity index (χ2n) is 8.31. The van der Waals surface area contributed by atoms with Crippen molar-refractivity contribution in [3.05, 3.63) is 90.0 Å². The first-order chi connectivity index (χ1) is 16.9. The maximum atomic E-state index is 13.1. The number of carbonyl (C=O) groups excluding carboxylic acids is 1. The number of aliphatic carboxylic acids is 1. The van der Waals surface area contributed by atoms with Crippen LogP contribution in [0.25, 0.3) is 0 Å². The molecule has 0 spiro atoms. The van der Waals surface area contributed by atoms with E-state index in [9.17, 15) is 19.8 Å². The van der Waals surface area contributed by atoms with Gasteiger partial charge in [-0.25, -0.2) is 14.5 Å². The Morgan fingerprint density at radius 3 is 2.17 bits per heavy atom. The summed E-state index contributed by atoms with van der Waals surface area (Å²) in [6, 6.07) is 23.1. The van der Waals surface area contributed by atoms with Crippen molar-refractivity contribution in [3.8, 4) is 5.75 Å². The first-order valence-corrected chi connectivity index (χ1v) is 11.3. The quantitative estimate of drug-likeness (QED) is 0.449. The average molecular weight is 478 g/mol. The van der Waals surface area contributed by atoms with Crippen LogP contribution in [0.5, 0.6) is 5.75 Å². The van der Waals surface area contributed by atoms with Gasteiger partial charge in [-0.2, -0.15) is 0 Å². The maximum absolute atomic E-state index is 13.1. The number of ether oxygens (including phenoxy) is 2. The van der Waals surface area contributed by atoms with Crippen LogP contribution in [-0.2, 0) is 21.6 Å². The Bertz CT molecular complexity index is 1130. The highest BCUT2D eigenvalue weighted by atomic mass is 16.6. The molecule has 0 aromatic heterocycles. The minimum atomic E-state index is -1.68. The third kappa shape index (κ3) is 5.29. The molecule has 35 heavy (non-hydrogen) atoms. The Hall–Kier alpha value is -3.88. The highest BCUT2D eigenvalue weighted by Gasteiger charge is 2.43. The van der Waals surface area contributed by atoms with Crippen LogP contribution in [0.4, 0.5) is 16.2 Å². The minimum Gasteiger partial charge on any atom is -0.482 e. The van der Waals surface area contributed by atoms with Gasteiger partial charge in [0, 0.05) is 12.0 Å². The van der Waals surface area contributed by atoms with Gasteiger partial charge in [0.15, 0.2) is 6.61 Å². The summed E-state index contributed by atoms with van der Waals surface area (Å²) in [6.07, 6.45) is -1.07. The van der Waals surface area contributed by atoms with E-state index >= 15 is 0 Å². The number of aliphatic hydroxyl groups is 2. The lowest BCUT2D eigenvalue weighted by atomic mass is 9.75. The fourth-order valence-corrected chi connectivity index (χ4v) is 4.38. The molecule has 0 heterocycles. The zero-order chi connectivity index (χ0) is 24.8. The van der Waals surface area contributed by atoms with Gasteiger partial charge in [0.2, 0.25) is 0 Å². The van der Waals surface area contributed by atoms with Crippen molar-refractivity contribution < 1.29 is 34.4 Å². The number of para-hydroxylation sites is 2. The lowest BCUT2D eigenvalue weighted by molar-refractivity contribution is -0.139. The van der Waals surface area contributed by atoms with Crippen LogP contribution in [0.1, 0.15) is 24.0 Å².